The molecule has 2 heterocycles. The van der Waals surface area contributed by atoms with Crippen molar-refractivity contribution in [1.82, 2.24) is 15.5 Å². The molecule has 3 rings (SSSR count). The standard InChI is InChI=1S/C17H25F3N4O/c1-21-16(22-11-15-3-2-8-25-15)23-13-9-14(10-13)24-6-4-12(5-7-24)17(18,19)20/h2-3,8,12-14H,4-7,9-11H2,1H3,(H2,21,22,23). The lowest BCUT2D eigenvalue weighted by molar-refractivity contribution is -0.187. The number of nitrogens with zero attached hydrogens (tertiary/aromatic N) is 2. The van der Waals surface area contributed by atoms with Crippen LogP contribution in [-0.2, 0) is 6.54 Å². The topological polar surface area (TPSA) is 52.8 Å². The first kappa shape index (κ1) is 18.1. The van der Waals surface area contributed by atoms with Crippen LogP contribution in [0.2, 0.25) is 0 Å². The summed E-state index contributed by atoms with van der Waals surface area (Å²) in [5.74, 6) is 0.431. The van der Waals surface area contributed by atoms with E-state index in [0.717, 1.165) is 24.6 Å². The van der Waals surface area contributed by atoms with Gasteiger partial charge in [0.15, 0.2) is 5.96 Å². The van der Waals surface area contributed by atoms with E-state index in [9.17, 15) is 13.2 Å². The molecule has 1 aliphatic heterocycles. The maximum Gasteiger partial charge on any atom is 0.391 e. The first-order chi connectivity index (χ1) is 12.0. The molecule has 2 fully saturated rings. The molecule has 0 amide bonds. The Hall–Kier alpha value is -1.70. The van der Waals surface area contributed by atoms with Crippen LogP contribution in [0.1, 0.15) is 31.4 Å². The van der Waals surface area contributed by atoms with Crippen LogP contribution in [0, 0.1) is 5.92 Å². The average molecular weight is 358 g/mol. The molecule has 1 saturated carbocycles. The summed E-state index contributed by atoms with van der Waals surface area (Å²) >= 11 is 0. The number of nitrogens with one attached hydrogen (secondary N) is 2. The van der Waals surface area contributed by atoms with Gasteiger partial charge < -0.3 is 20.0 Å². The van der Waals surface area contributed by atoms with Crippen LogP contribution in [0.5, 0.6) is 0 Å². The van der Waals surface area contributed by atoms with Gasteiger partial charge in [0, 0.05) is 19.1 Å². The second-order valence-corrected chi connectivity index (χ2v) is 6.82. The van der Waals surface area contributed by atoms with Gasteiger partial charge >= 0.3 is 6.18 Å². The Morgan fingerprint density at radius 2 is 2.04 bits per heavy atom. The fraction of sp³-hybridized carbons (Fsp3) is 0.706. The molecule has 0 bridgehead atoms. The van der Waals surface area contributed by atoms with Gasteiger partial charge in [-0.25, -0.2) is 0 Å². The van der Waals surface area contributed by atoms with E-state index in [1.165, 1.54) is 0 Å². The summed E-state index contributed by atoms with van der Waals surface area (Å²) in [7, 11) is 1.72. The third-order valence-electron chi connectivity index (χ3n) is 5.20. The van der Waals surface area contributed by atoms with Crippen molar-refractivity contribution in [2.24, 2.45) is 10.9 Å². The normalized spacial score (nSPS) is 26.3. The van der Waals surface area contributed by atoms with Crippen LogP contribution in [0.3, 0.4) is 0 Å². The Labute approximate surface area is 145 Å². The van der Waals surface area contributed by atoms with E-state index in [-0.39, 0.29) is 12.8 Å². The third kappa shape index (κ3) is 4.68. The van der Waals surface area contributed by atoms with Crippen molar-refractivity contribution in [3.8, 4) is 0 Å². The second kappa shape index (κ2) is 7.68. The summed E-state index contributed by atoms with van der Waals surface area (Å²) in [6.07, 6.45) is -0.0706. The quantitative estimate of drug-likeness (QED) is 0.642. The summed E-state index contributed by atoms with van der Waals surface area (Å²) in [6, 6.07) is 4.43. The minimum atomic E-state index is -4.04. The number of guanidine groups is 1. The predicted molar refractivity (Wildman–Crippen MR) is 89.2 cm³/mol. The van der Waals surface area contributed by atoms with Crippen molar-refractivity contribution in [3.05, 3.63) is 24.2 Å². The van der Waals surface area contributed by atoms with Gasteiger partial charge in [-0.1, -0.05) is 0 Å². The number of rotatable bonds is 4. The van der Waals surface area contributed by atoms with Gasteiger partial charge in [-0.05, 0) is 50.9 Å². The van der Waals surface area contributed by atoms with Crippen molar-refractivity contribution >= 4 is 5.96 Å². The molecule has 5 nitrogen and oxygen atoms in total. The molecule has 2 N–H and O–H groups in total. The molecule has 140 valence electrons. The van der Waals surface area contributed by atoms with E-state index in [4.69, 9.17) is 4.42 Å². The SMILES string of the molecule is CN=C(NCc1ccco1)NC1CC(N2CCC(C(F)(F)F)CC2)C1. The Morgan fingerprint density at radius 3 is 2.60 bits per heavy atom. The molecule has 0 radical (unpaired) electrons. The number of hydrogen-bond acceptors (Lipinski definition) is 3. The molecule has 0 spiro atoms. The Balaban J connectivity index is 1.36. The van der Waals surface area contributed by atoms with Crippen LogP contribution in [0.4, 0.5) is 13.2 Å². The molecule has 1 aromatic heterocycles. The number of likely N-dealkylation sites (tertiary alicyclic amines) is 1. The van der Waals surface area contributed by atoms with E-state index in [2.05, 4.69) is 20.5 Å². The van der Waals surface area contributed by atoms with Crippen molar-refractivity contribution in [1.29, 1.82) is 0 Å². The fourth-order valence-corrected chi connectivity index (χ4v) is 3.57. The Morgan fingerprint density at radius 1 is 1.32 bits per heavy atom. The molecule has 0 atom stereocenters. The Kier molecular flexibility index (Phi) is 5.56. The molecule has 1 aromatic rings. The zero-order valence-corrected chi connectivity index (χ0v) is 14.4. The molecule has 0 aromatic carbocycles. The molecular formula is C17H25F3N4O. The summed E-state index contributed by atoms with van der Waals surface area (Å²) in [5.41, 5.74) is 0. The maximum absolute atomic E-state index is 12.7. The van der Waals surface area contributed by atoms with E-state index in [0.29, 0.717) is 31.7 Å². The van der Waals surface area contributed by atoms with E-state index >= 15 is 0 Å². The van der Waals surface area contributed by atoms with E-state index < -0.39 is 12.1 Å². The number of furan rings is 1. The summed E-state index contributed by atoms with van der Waals surface area (Å²) in [5, 5.41) is 6.55. The molecule has 0 unspecified atom stereocenters. The van der Waals surface area contributed by atoms with Gasteiger partial charge in [0.05, 0.1) is 18.7 Å². The third-order valence-corrected chi connectivity index (χ3v) is 5.20. The molecule has 1 aliphatic carbocycles. The van der Waals surface area contributed by atoms with Crippen LogP contribution in [-0.4, -0.2) is 49.3 Å². The van der Waals surface area contributed by atoms with Crippen molar-refractivity contribution < 1.29 is 17.6 Å². The number of halogens is 3. The summed E-state index contributed by atoms with van der Waals surface area (Å²) in [6.45, 7) is 1.66. The minimum Gasteiger partial charge on any atom is -0.467 e. The van der Waals surface area contributed by atoms with E-state index in [1.807, 2.05) is 12.1 Å². The first-order valence-electron chi connectivity index (χ1n) is 8.76. The molecular weight excluding hydrogens is 333 g/mol. The average Bonchev–Trinajstić information content (AvgIpc) is 3.06. The maximum atomic E-state index is 12.7. The predicted octanol–water partition coefficient (Wildman–Crippen LogP) is 2.75. The largest absolute Gasteiger partial charge is 0.467 e. The monoisotopic (exact) mass is 358 g/mol. The number of alkyl halides is 3. The van der Waals surface area contributed by atoms with Gasteiger partial charge in [-0.3, -0.25) is 4.99 Å². The van der Waals surface area contributed by atoms with Crippen LogP contribution in [0.25, 0.3) is 0 Å². The molecule has 2 aliphatic rings. The summed E-state index contributed by atoms with van der Waals surface area (Å²) < 4.78 is 43.5. The van der Waals surface area contributed by atoms with E-state index in [1.54, 1.807) is 13.3 Å². The molecule has 1 saturated heterocycles. The highest BCUT2D eigenvalue weighted by Gasteiger charge is 2.43. The summed E-state index contributed by atoms with van der Waals surface area (Å²) in [4.78, 5) is 6.41. The van der Waals surface area contributed by atoms with Crippen LogP contribution in [0.15, 0.2) is 27.8 Å². The van der Waals surface area contributed by atoms with Crippen molar-refractivity contribution in [2.45, 2.75) is 50.5 Å². The molecule has 25 heavy (non-hydrogen) atoms. The lowest BCUT2D eigenvalue weighted by Gasteiger charge is -2.46. The number of piperidine rings is 1. The highest BCUT2D eigenvalue weighted by molar-refractivity contribution is 5.80. The van der Waals surface area contributed by atoms with Gasteiger partial charge in [-0.15, -0.1) is 0 Å². The fourth-order valence-electron chi connectivity index (χ4n) is 3.57. The van der Waals surface area contributed by atoms with Gasteiger partial charge in [-0.2, -0.15) is 13.2 Å². The lowest BCUT2D eigenvalue weighted by Crippen LogP contribution is -2.57. The van der Waals surface area contributed by atoms with Gasteiger partial charge in [0.25, 0.3) is 0 Å². The Bertz CT molecular complexity index is 559. The molecule has 8 heteroatoms. The minimum absolute atomic E-state index is 0.227. The van der Waals surface area contributed by atoms with Crippen molar-refractivity contribution in [2.75, 3.05) is 20.1 Å². The van der Waals surface area contributed by atoms with Crippen molar-refractivity contribution in [3.63, 3.8) is 0 Å². The lowest BCUT2D eigenvalue weighted by atomic mass is 9.83. The second-order valence-electron chi connectivity index (χ2n) is 6.82. The smallest absolute Gasteiger partial charge is 0.391 e. The highest BCUT2D eigenvalue weighted by atomic mass is 19.4. The van der Waals surface area contributed by atoms with Gasteiger partial charge in [0.1, 0.15) is 5.76 Å². The van der Waals surface area contributed by atoms with Crippen LogP contribution >= 0.6 is 0 Å². The first-order valence-corrected chi connectivity index (χ1v) is 8.76. The van der Waals surface area contributed by atoms with Gasteiger partial charge in [0.2, 0.25) is 0 Å². The number of hydrogen-bond donors (Lipinski definition) is 2. The van der Waals surface area contributed by atoms with Crippen LogP contribution < -0.4 is 10.6 Å². The number of aliphatic imine (C=N–C) groups is 1. The highest BCUT2D eigenvalue weighted by Crippen LogP contribution is 2.36. The zero-order valence-electron chi connectivity index (χ0n) is 14.4. The zero-order chi connectivity index (χ0) is 17.9.